The summed E-state index contributed by atoms with van der Waals surface area (Å²) >= 11 is 0. The summed E-state index contributed by atoms with van der Waals surface area (Å²) in [6, 6.07) is 0. The minimum Gasteiger partial charge on any atom is -0.396 e. The van der Waals surface area contributed by atoms with Crippen LogP contribution in [-0.2, 0) is 4.79 Å². The van der Waals surface area contributed by atoms with Gasteiger partial charge in [0, 0.05) is 23.4 Å². The van der Waals surface area contributed by atoms with Gasteiger partial charge in [0.15, 0.2) is 0 Å². The van der Waals surface area contributed by atoms with E-state index in [1.54, 1.807) is 13.8 Å². The van der Waals surface area contributed by atoms with Gasteiger partial charge in [-0.3, -0.25) is 4.79 Å². The molecule has 1 amide bonds. The quantitative estimate of drug-likeness (QED) is 0.247. The summed E-state index contributed by atoms with van der Waals surface area (Å²) in [4.78, 5) is 13.8. The Kier molecular flexibility index (Phi) is 5.69. The highest BCUT2D eigenvalue weighted by Gasteiger charge is 2.32. The predicted molar refractivity (Wildman–Crippen MR) is 53.9 cm³/mol. The van der Waals surface area contributed by atoms with Gasteiger partial charge >= 0.3 is 0 Å². The first-order chi connectivity index (χ1) is 6.95. The molecule has 1 atom stereocenters. The van der Waals surface area contributed by atoms with Crippen molar-refractivity contribution in [2.75, 3.05) is 19.7 Å². The van der Waals surface area contributed by atoms with Crippen molar-refractivity contribution in [3.63, 3.8) is 0 Å². The number of carbonyl (C=O) groups excluding carboxylic acids is 1. The molecule has 86 valence electrons. The standard InChI is InChI=1S/C8H16N4O3/c1-8(2,5-13)6(14)7(15)10-3-4-11-12-9/h6,13-14H,3-5H2,1-2H3,(H,10,15). The molecule has 0 aliphatic carbocycles. The fourth-order valence-electron chi connectivity index (χ4n) is 0.812. The van der Waals surface area contributed by atoms with Gasteiger partial charge in [0.2, 0.25) is 5.91 Å². The van der Waals surface area contributed by atoms with Crippen LogP contribution in [0.2, 0.25) is 0 Å². The van der Waals surface area contributed by atoms with E-state index in [0.717, 1.165) is 0 Å². The third-order valence-electron chi connectivity index (χ3n) is 1.97. The van der Waals surface area contributed by atoms with Gasteiger partial charge in [0.1, 0.15) is 6.10 Å². The van der Waals surface area contributed by atoms with Crippen LogP contribution in [0.15, 0.2) is 5.11 Å². The number of azide groups is 1. The second-order valence-electron chi connectivity index (χ2n) is 3.79. The van der Waals surface area contributed by atoms with E-state index < -0.39 is 17.4 Å². The lowest BCUT2D eigenvalue weighted by Crippen LogP contribution is -2.46. The zero-order chi connectivity index (χ0) is 11.9. The predicted octanol–water partition coefficient (Wildman–Crippen LogP) is -0.208. The second-order valence-corrected chi connectivity index (χ2v) is 3.79. The number of aliphatic hydroxyl groups excluding tert-OH is 2. The van der Waals surface area contributed by atoms with Crippen molar-refractivity contribution in [3.8, 4) is 0 Å². The Hall–Kier alpha value is -1.30. The maximum absolute atomic E-state index is 11.3. The van der Waals surface area contributed by atoms with Crippen LogP contribution >= 0.6 is 0 Å². The fraction of sp³-hybridized carbons (Fsp3) is 0.875. The number of rotatable bonds is 6. The van der Waals surface area contributed by atoms with Crippen molar-refractivity contribution in [1.29, 1.82) is 0 Å². The third kappa shape index (κ3) is 4.64. The third-order valence-corrected chi connectivity index (χ3v) is 1.97. The molecule has 0 rings (SSSR count). The first-order valence-electron chi connectivity index (χ1n) is 4.53. The van der Waals surface area contributed by atoms with E-state index in [9.17, 15) is 9.90 Å². The summed E-state index contributed by atoms with van der Waals surface area (Å²) in [7, 11) is 0. The lowest BCUT2D eigenvalue weighted by molar-refractivity contribution is -0.137. The van der Waals surface area contributed by atoms with Crippen LogP contribution in [0, 0.1) is 5.41 Å². The summed E-state index contributed by atoms with van der Waals surface area (Å²) in [5.41, 5.74) is 7.08. The van der Waals surface area contributed by atoms with Gasteiger partial charge in [-0.05, 0) is 5.53 Å². The van der Waals surface area contributed by atoms with Gasteiger partial charge in [-0.15, -0.1) is 0 Å². The average Bonchev–Trinajstić information content (AvgIpc) is 2.23. The molecular formula is C8H16N4O3. The monoisotopic (exact) mass is 216 g/mol. The highest BCUT2D eigenvalue weighted by molar-refractivity contribution is 5.81. The molecule has 0 fully saturated rings. The van der Waals surface area contributed by atoms with Gasteiger partial charge in [-0.2, -0.15) is 0 Å². The van der Waals surface area contributed by atoms with Crippen molar-refractivity contribution in [1.82, 2.24) is 5.32 Å². The molecule has 1 unspecified atom stereocenters. The lowest BCUT2D eigenvalue weighted by Gasteiger charge is -2.26. The molecule has 0 aromatic rings. The molecule has 0 saturated heterocycles. The van der Waals surface area contributed by atoms with Gasteiger partial charge < -0.3 is 15.5 Å². The summed E-state index contributed by atoms with van der Waals surface area (Å²) < 4.78 is 0. The number of hydrogen-bond donors (Lipinski definition) is 3. The Labute approximate surface area is 87.7 Å². The maximum atomic E-state index is 11.3. The molecule has 0 aliphatic heterocycles. The Morgan fingerprint density at radius 1 is 1.67 bits per heavy atom. The molecule has 15 heavy (non-hydrogen) atoms. The maximum Gasteiger partial charge on any atom is 0.249 e. The molecule has 0 aromatic heterocycles. The van der Waals surface area contributed by atoms with Crippen molar-refractivity contribution in [2.24, 2.45) is 10.5 Å². The summed E-state index contributed by atoms with van der Waals surface area (Å²) in [5, 5.41) is 24.1. The van der Waals surface area contributed by atoms with Crippen LogP contribution in [-0.4, -0.2) is 41.9 Å². The Bertz CT molecular complexity index is 261. The first kappa shape index (κ1) is 13.7. The molecule has 0 aromatic carbocycles. The molecule has 0 radical (unpaired) electrons. The zero-order valence-corrected chi connectivity index (χ0v) is 8.84. The Morgan fingerprint density at radius 2 is 2.27 bits per heavy atom. The topological polar surface area (TPSA) is 118 Å². The average molecular weight is 216 g/mol. The zero-order valence-electron chi connectivity index (χ0n) is 8.84. The molecule has 0 heterocycles. The van der Waals surface area contributed by atoms with Gasteiger partial charge in [-0.25, -0.2) is 0 Å². The van der Waals surface area contributed by atoms with E-state index >= 15 is 0 Å². The summed E-state index contributed by atoms with van der Waals surface area (Å²) in [6.45, 7) is 3.16. The highest BCUT2D eigenvalue weighted by Crippen LogP contribution is 2.19. The van der Waals surface area contributed by atoms with Crippen LogP contribution in [0.3, 0.4) is 0 Å². The minimum absolute atomic E-state index is 0.133. The summed E-state index contributed by atoms with van der Waals surface area (Å²) in [6.07, 6.45) is -1.28. The van der Waals surface area contributed by atoms with Gasteiger partial charge in [-0.1, -0.05) is 19.0 Å². The summed E-state index contributed by atoms with van der Waals surface area (Å²) in [5.74, 6) is -0.581. The molecule has 0 bridgehead atoms. The normalized spacial score (nSPS) is 12.8. The molecule has 0 spiro atoms. The van der Waals surface area contributed by atoms with Crippen molar-refractivity contribution in [2.45, 2.75) is 20.0 Å². The highest BCUT2D eigenvalue weighted by atomic mass is 16.3. The first-order valence-corrected chi connectivity index (χ1v) is 4.53. The molecule has 7 heteroatoms. The lowest BCUT2D eigenvalue weighted by atomic mass is 9.87. The largest absolute Gasteiger partial charge is 0.396 e. The van der Waals surface area contributed by atoms with E-state index in [2.05, 4.69) is 15.3 Å². The van der Waals surface area contributed by atoms with E-state index in [4.69, 9.17) is 10.6 Å². The van der Waals surface area contributed by atoms with Gasteiger partial charge in [0.05, 0.1) is 6.61 Å². The van der Waals surface area contributed by atoms with E-state index in [1.807, 2.05) is 0 Å². The van der Waals surface area contributed by atoms with E-state index in [-0.39, 0.29) is 19.7 Å². The Balaban J connectivity index is 4.04. The molecule has 3 N–H and O–H groups in total. The van der Waals surface area contributed by atoms with Crippen LogP contribution in [0.25, 0.3) is 10.4 Å². The Morgan fingerprint density at radius 3 is 2.73 bits per heavy atom. The van der Waals surface area contributed by atoms with Crippen molar-refractivity contribution < 1.29 is 15.0 Å². The minimum atomic E-state index is -1.28. The van der Waals surface area contributed by atoms with Crippen molar-refractivity contribution in [3.05, 3.63) is 10.4 Å². The number of carbonyl (C=O) groups is 1. The van der Waals surface area contributed by atoms with Crippen molar-refractivity contribution >= 4 is 5.91 Å². The second kappa shape index (κ2) is 6.23. The van der Waals surface area contributed by atoms with Crippen LogP contribution in [0.4, 0.5) is 0 Å². The molecular weight excluding hydrogens is 200 g/mol. The number of nitrogens with zero attached hydrogens (tertiary/aromatic N) is 3. The van der Waals surface area contributed by atoms with Gasteiger partial charge in [0.25, 0.3) is 0 Å². The molecule has 0 aliphatic rings. The number of hydrogen-bond acceptors (Lipinski definition) is 4. The number of nitrogens with one attached hydrogen (secondary N) is 1. The van der Waals surface area contributed by atoms with Crippen LogP contribution in [0.5, 0.6) is 0 Å². The van der Waals surface area contributed by atoms with E-state index in [1.165, 1.54) is 0 Å². The SMILES string of the molecule is CC(C)(CO)C(O)C(=O)NCCN=[N+]=[N-]. The fourth-order valence-corrected chi connectivity index (χ4v) is 0.812. The number of aliphatic hydroxyl groups is 2. The molecule has 0 saturated carbocycles. The number of amides is 1. The van der Waals surface area contributed by atoms with E-state index in [0.29, 0.717) is 0 Å². The molecule has 7 nitrogen and oxygen atoms in total. The smallest absolute Gasteiger partial charge is 0.249 e. The van der Waals surface area contributed by atoms with Crippen LogP contribution < -0.4 is 5.32 Å². The van der Waals surface area contributed by atoms with Crippen LogP contribution in [0.1, 0.15) is 13.8 Å².